The van der Waals surface area contributed by atoms with Gasteiger partial charge in [0.05, 0.1) is 13.2 Å². The van der Waals surface area contributed by atoms with E-state index >= 15 is 0 Å². The maximum absolute atomic E-state index is 9.30. The second kappa shape index (κ2) is 2.96. The lowest BCUT2D eigenvalue weighted by Gasteiger charge is -2.12. The van der Waals surface area contributed by atoms with Crippen molar-refractivity contribution < 1.29 is 19.1 Å². The molecular weight excluding hydrogens is 167 g/mol. The Morgan fingerprint density at radius 2 is 2.00 bits per heavy atom. The molecule has 2 fully saturated rings. The van der Waals surface area contributed by atoms with Crippen LogP contribution in [-0.2, 0) is 14.0 Å². The summed E-state index contributed by atoms with van der Waals surface area (Å²) in [5.74, 6) is 0. The third kappa shape index (κ3) is 1.19. The fourth-order valence-electron chi connectivity index (χ4n) is 1.56. The molecule has 0 radical (unpaired) electrons. The molecule has 5 atom stereocenters. The second-order valence-electron chi connectivity index (χ2n) is 2.84. The largest absolute Gasteiger partial charge is 0.388 e. The average Bonchev–Trinajstić information content (AvgIpc) is 2.53. The van der Waals surface area contributed by atoms with Gasteiger partial charge in [0.15, 0.2) is 0 Å². The Bertz CT molecular complexity index is 154. The van der Waals surface area contributed by atoms with Crippen LogP contribution < -0.4 is 0 Å². The fourth-order valence-corrected chi connectivity index (χ4v) is 1.79. The number of rotatable bonds is 1. The summed E-state index contributed by atoms with van der Waals surface area (Å²) in [4.78, 5) is 0. The SMILES string of the molecule is OC1COC2C(OP)COC12. The summed E-state index contributed by atoms with van der Waals surface area (Å²) in [5.41, 5.74) is 0. The highest BCUT2D eigenvalue weighted by Crippen LogP contribution is 2.29. The molecule has 0 spiro atoms. The van der Waals surface area contributed by atoms with Gasteiger partial charge in [-0.2, -0.15) is 0 Å². The maximum Gasteiger partial charge on any atom is 0.115 e. The zero-order valence-electron chi connectivity index (χ0n) is 5.97. The predicted molar refractivity (Wildman–Crippen MR) is 40.1 cm³/mol. The standard InChI is InChI=1S/C6H11O4P/c7-3-1-8-6-4(10-11)2-9-5(3)6/h3-7H,1-2,11H2. The quantitative estimate of drug-likeness (QED) is 0.540. The minimum atomic E-state index is -0.481. The van der Waals surface area contributed by atoms with Crippen molar-refractivity contribution in [1.82, 2.24) is 0 Å². The van der Waals surface area contributed by atoms with Crippen LogP contribution in [0.4, 0.5) is 0 Å². The van der Waals surface area contributed by atoms with Gasteiger partial charge in [0.1, 0.15) is 24.4 Å². The molecule has 0 bridgehead atoms. The molecule has 2 aliphatic rings. The zero-order chi connectivity index (χ0) is 7.84. The van der Waals surface area contributed by atoms with Crippen molar-refractivity contribution in [1.29, 1.82) is 0 Å². The molecule has 0 amide bonds. The van der Waals surface area contributed by atoms with Gasteiger partial charge >= 0.3 is 0 Å². The molecule has 2 aliphatic heterocycles. The summed E-state index contributed by atoms with van der Waals surface area (Å²) in [6.45, 7) is 0.871. The van der Waals surface area contributed by atoms with Gasteiger partial charge in [0, 0.05) is 9.47 Å². The Morgan fingerprint density at radius 1 is 1.27 bits per heavy atom. The Morgan fingerprint density at radius 3 is 2.73 bits per heavy atom. The Balaban J connectivity index is 2.04. The highest BCUT2D eigenvalue weighted by Gasteiger charge is 2.47. The van der Waals surface area contributed by atoms with Crippen molar-refractivity contribution >= 4 is 9.47 Å². The Hall–Kier alpha value is 0.270. The first-order valence-corrected chi connectivity index (χ1v) is 4.07. The van der Waals surface area contributed by atoms with E-state index in [9.17, 15) is 5.11 Å². The van der Waals surface area contributed by atoms with E-state index in [-0.39, 0.29) is 18.3 Å². The summed E-state index contributed by atoms with van der Waals surface area (Å²) in [6, 6.07) is 0. The molecule has 64 valence electrons. The number of fused-ring (bicyclic) bond motifs is 1. The van der Waals surface area contributed by atoms with Crippen LogP contribution in [0.15, 0.2) is 0 Å². The van der Waals surface area contributed by atoms with Crippen LogP contribution in [0.25, 0.3) is 0 Å². The molecule has 0 aromatic rings. The topological polar surface area (TPSA) is 47.9 Å². The molecule has 2 heterocycles. The number of ether oxygens (including phenoxy) is 2. The van der Waals surface area contributed by atoms with Crippen molar-refractivity contribution in [2.24, 2.45) is 0 Å². The van der Waals surface area contributed by atoms with Crippen molar-refractivity contribution in [3.63, 3.8) is 0 Å². The first-order chi connectivity index (χ1) is 5.33. The summed E-state index contributed by atoms with van der Waals surface area (Å²) in [5, 5.41) is 9.30. The van der Waals surface area contributed by atoms with Crippen LogP contribution in [0.1, 0.15) is 0 Å². The number of hydrogen-bond donors (Lipinski definition) is 1. The van der Waals surface area contributed by atoms with Crippen molar-refractivity contribution in [2.45, 2.75) is 24.4 Å². The van der Waals surface area contributed by atoms with Gasteiger partial charge in [0.2, 0.25) is 0 Å². The Labute approximate surface area is 67.1 Å². The molecule has 0 saturated carbocycles. The summed E-state index contributed by atoms with van der Waals surface area (Å²) in [7, 11) is 2.19. The molecule has 2 rings (SSSR count). The molecule has 0 aromatic heterocycles. The van der Waals surface area contributed by atoms with Gasteiger partial charge in [-0.3, -0.25) is 0 Å². The fraction of sp³-hybridized carbons (Fsp3) is 1.00. The van der Waals surface area contributed by atoms with E-state index < -0.39 is 6.10 Å². The van der Waals surface area contributed by atoms with Gasteiger partial charge in [-0.05, 0) is 0 Å². The number of aliphatic hydroxyl groups is 1. The first kappa shape index (κ1) is 7.90. The van der Waals surface area contributed by atoms with E-state index in [2.05, 4.69) is 9.47 Å². The number of aliphatic hydroxyl groups excluding tert-OH is 1. The van der Waals surface area contributed by atoms with Crippen LogP contribution in [0.5, 0.6) is 0 Å². The highest BCUT2D eigenvalue weighted by atomic mass is 31.0. The van der Waals surface area contributed by atoms with Crippen LogP contribution in [0.2, 0.25) is 0 Å². The van der Waals surface area contributed by atoms with E-state index in [0.717, 1.165) is 0 Å². The Kier molecular flexibility index (Phi) is 2.12. The van der Waals surface area contributed by atoms with Crippen LogP contribution in [-0.4, -0.2) is 42.7 Å². The smallest absolute Gasteiger partial charge is 0.115 e. The molecule has 2 saturated heterocycles. The monoisotopic (exact) mass is 178 g/mol. The minimum Gasteiger partial charge on any atom is -0.388 e. The van der Waals surface area contributed by atoms with Gasteiger partial charge < -0.3 is 19.1 Å². The van der Waals surface area contributed by atoms with Gasteiger partial charge in [0.25, 0.3) is 0 Å². The van der Waals surface area contributed by atoms with E-state index in [1.54, 1.807) is 0 Å². The predicted octanol–water partition coefficient (Wildman–Crippen LogP) is -0.680. The van der Waals surface area contributed by atoms with Crippen molar-refractivity contribution in [3.05, 3.63) is 0 Å². The van der Waals surface area contributed by atoms with Crippen LogP contribution in [0, 0.1) is 0 Å². The highest BCUT2D eigenvalue weighted by molar-refractivity contribution is 7.09. The average molecular weight is 178 g/mol. The van der Waals surface area contributed by atoms with E-state index in [0.29, 0.717) is 13.2 Å². The lowest BCUT2D eigenvalue weighted by atomic mass is 10.1. The third-order valence-electron chi connectivity index (χ3n) is 2.16. The molecule has 0 aliphatic carbocycles. The molecule has 5 unspecified atom stereocenters. The normalized spacial score (nSPS) is 49.6. The summed E-state index contributed by atoms with van der Waals surface area (Å²) in [6.07, 6.45) is -0.782. The van der Waals surface area contributed by atoms with Gasteiger partial charge in [-0.25, -0.2) is 0 Å². The summed E-state index contributed by atoms with van der Waals surface area (Å²) >= 11 is 0. The lowest BCUT2D eigenvalue weighted by molar-refractivity contribution is 0.0115. The van der Waals surface area contributed by atoms with Crippen LogP contribution in [0.3, 0.4) is 0 Å². The van der Waals surface area contributed by atoms with Gasteiger partial charge in [-0.1, -0.05) is 0 Å². The molecule has 0 aromatic carbocycles. The zero-order valence-corrected chi connectivity index (χ0v) is 7.13. The van der Waals surface area contributed by atoms with E-state index in [1.165, 1.54) is 0 Å². The first-order valence-electron chi connectivity index (χ1n) is 3.59. The van der Waals surface area contributed by atoms with Gasteiger partial charge in [-0.15, -0.1) is 0 Å². The molecule has 1 N–H and O–H groups in total. The van der Waals surface area contributed by atoms with Crippen molar-refractivity contribution in [2.75, 3.05) is 13.2 Å². The number of hydrogen-bond acceptors (Lipinski definition) is 4. The third-order valence-corrected chi connectivity index (χ3v) is 2.51. The summed E-state index contributed by atoms with van der Waals surface area (Å²) < 4.78 is 15.6. The lowest BCUT2D eigenvalue weighted by Crippen LogP contribution is -2.31. The molecular formula is C6H11O4P. The van der Waals surface area contributed by atoms with Crippen molar-refractivity contribution in [3.8, 4) is 0 Å². The second-order valence-corrected chi connectivity index (χ2v) is 3.11. The maximum atomic E-state index is 9.30. The molecule has 4 nitrogen and oxygen atoms in total. The van der Waals surface area contributed by atoms with E-state index in [1.807, 2.05) is 0 Å². The molecule has 11 heavy (non-hydrogen) atoms. The van der Waals surface area contributed by atoms with Crippen LogP contribution >= 0.6 is 9.47 Å². The molecule has 5 heteroatoms. The van der Waals surface area contributed by atoms with E-state index in [4.69, 9.17) is 14.0 Å². The minimum absolute atomic E-state index is 0.0397.